The zero-order valence-electron chi connectivity index (χ0n) is 11.4. The molecule has 1 aliphatic heterocycles. The summed E-state index contributed by atoms with van der Waals surface area (Å²) in [5.41, 5.74) is 0. The topological polar surface area (TPSA) is 73.9 Å². The zero-order valence-corrected chi connectivity index (χ0v) is 12.2. The summed E-state index contributed by atoms with van der Waals surface area (Å²) in [7, 11) is -1.63. The van der Waals surface area contributed by atoms with Gasteiger partial charge in [-0.25, -0.2) is 13.1 Å². The molecule has 0 bridgehead atoms. The summed E-state index contributed by atoms with van der Waals surface area (Å²) in [6, 6.07) is 0.00553. The minimum absolute atomic E-state index is 0.00553. The van der Waals surface area contributed by atoms with Gasteiger partial charge in [-0.2, -0.15) is 0 Å². The van der Waals surface area contributed by atoms with Gasteiger partial charge < -0.3 is 14.2 Å². The largest absolute Gasteiger partial charge is 0.385 e. The average Bonchev–Trinajstić information content (AvgIpc) is 2.81. The second kappa shape index (κ2) is 6.49. The maximum Gasteiger partial charge on any atom is 0.211 e. The molecule has 0 unspecified atom stereocenters. The summed E-state index contributed by atoms with van der Waals surface area (Å²) in [5.74, 6) is -0.312. The molecule has 1 heterocycles. The van der Waals surface area contributed by atoms with Crippen LogP contribution in [0.5, 0.6) is 0 Å². The molecule has 0 aromatic rings. The molecule has 1 saturated heterocycles. The lowest BCUT2D eigenvalue weighted by molar-refractivity contribution is -0.178. The van der Waals surface area contributed by atoms with Crippen LogP contribution in [0.3, 0.4) is 0 Å². The molecular weight excluding hydrogens is 270 g/mol. The first kappa shape index (κ1) is 15.2. The normalized spacial score (nSPS) is 24.1. The van der Waals surface area contributed by atoms with E-state index in [-0.39, 0.29) is 11.8 Å². The van der Waals surface area contributed by atoms with Crippen LogP contribution in [0.2, 0.25) is 0 Å². The third kappa shape index (κ3) is 4.39. The summed E-state index contributed by atoms with van der Waals surface area (Å²) >= 11 is 0. The van der Waals surface area contributed by atoms with Crippen molar-refractivity contribution in [3.05, 3.63) is 0 Å². The molecule has 0 aromatic heterocycles. The van der Waals surface area contributed by atoms with Crippen LogP contribution in [0.1, 0.15) is 32.1 Å². The molecule has 0 atom stereocenters. The van der Waals surface area contributed by atoms with E-state index in [2.05, 4.69) is 4.72 Å². The van der Waals surface area contributed by atoms with E-state index in [9.17, 15) is 8.42 Å². The van der Waals surface area contributed by atoms with Gasteiger partial charge in [-0.1, -0.05) is 0 Å². The first-order valence-electron chi connectivity index (χ1n) is 6.82. The van der Waals surface area contributed by atoms with Gasteiger partial charge in [0.1, 0.15) is 0 Å². The van der Waals surface area contributed by atoms with Crippen molar-refractivity contribution in [3.63, 3.8) is 0 Å². The van der Waals surface area contributed by atoms with E-state index < -0.39 is 15.8 Å². The molecule has 0 aromatic carbocycles. The average molecular weight is 293 g/mol. The summed E-state index contributed by atoms with van der Waals surface area (Å²) in [4.78, 5) is 0. The smallest absolute Gasteiger partial charge is 0.211 e. The Balaban J connectivity index is 1.75. The molecule has 1 aliphatic carbocycles. The highest BCUT2D eigenvalue weighted by atomic mass is 32.2. The predicted octanol–water partition coefficient (Wildman–Crippen LogP) is 0.628. The van der Waals surface area contributed by atoms with Crippen LogP contribution in [-0.4, -0.2) is 52.9 Å². The van der Waals surface area contributed by atoms with Crippen molar-refractivity contribution in [2.45, 2.75) is 43.9 Å². The molecule has 6 nitrogen and oxygen atoms in total. The number of methoxy groups -OCH3 is 1. The van der Waals surface area contributed by atoms with Gasteiger partial charge in [0.2, 0.25) is 10.0 Å². The molecule has 112 valence electrons. The lowest BCUT2D eigenvalue weighted by Gasteiger charge is -2.35. The molecule has 1 N–H and O–H groups in total. The zero-order chi connectivity index (χ0) is 13.8. The second-order valence-corrected chi connectivity index (χ2v) is 7.04. The Morgan fingerprint density at radius 2 is 1.89 bits per heavy atom. The van der Waals surface area contributed by atoms with Crippen LogP contribution in [-0.2, 0) is 24.2 Å². The van der Waals surface area contributed by atoms with Crippen molar-refractivity contribution in [1.29, 1.82) is 0 Å². The van der Waals surface area contributed by atoms with Gasteiger partial charge in [0, 0.05) is 32.6 Å². The van der Waals surface area contributed by atoms with Gasteiger partial charge in [0.15, 0.2) is 5.79 Å². The summed E-state index contributed by atoms with van der Waals surface area (Å²) in [6.45, 7) is 1.76. The van der Waals surface area contributed by atoms with Crippen molar-refractivity contribution in [2.75, 3.05) is 32.7 Å². The number of ether oxygens (including phenoxy) is 3. The lowest BCUT2D eigenvalue weighted by atomic mass is 9.91. The molecule has 2 fully saturated rings. The number of rotatable bonds is 6. The van der Waals surface area contributed by atoms with E-state index in [1.54, 1.807) is 7.11 Å². The lowest BCUT2D eigenvalue weighted by Crippen LogP contribution is -2.44. The Hall–Kier alpha value is -0.210. The van der Waals surface area contributed by atoms with Crippen molar-refractivity contribution in [1.82, 2.24) is 4.72 Å². The fraction of sp³-hybridized carbons (Fsp3) is 1.00. The fourth-order valence-electron chi connectivity index (χ4n) is 2.67. The number of sulfonamides is 1. The highest BCUT2D eigenvalue weighted by molar-refractivity contribution is 7.89. The third-order valence-corrected chi connectivity index (χ3v) is 5.19. The van der Waals surface area contributed by atoms with Crippen molar-refractivity contribution < 1.29 is 22.6 Å². The molecular formula is C12H23NO5S. The molecule has 2 rings (SSSR count). The van der Waals surface area contributed by atoms with Gasteiger partial charge >= 0.3 is 0 Å². The Morgan fingerprint density at radius 1 is 1.26 bits per heavy atom. The van der Waals surface area contributed by atoms with Gasteiger partial charge in [0.05, 0.1) is 19.0 Å². The number of nitrogens with one attached hydrogen (secondary N) is 1. The summed E-state index contributed by atoms with van der Waals surface area (Å²) < 4.78 is 42.6. The molecule has 0 radical (unpaired) electrons. The summed E-state index contributed by atoms with van der Waals surface area (Å²) in [6.07, 6.45) is 3.58. The maximum atomic E-state index is 11.9. The Labute approximate surface area is 114 Å². The van der Waals surface area contributed by atoms with Crippen LogP contribution in [0, 0.1) is 0 Å². The Bertz CT molecular complexity index is 368. The van der Waals surface area contributed by atoms with Crippen LogP contribution >= 0.6 is 0 Å². The quantitative estimate of drug-likeness (QED) is 0.727. The van der Waals surface area contributed by atoms with E-state index in [0.717, 1.165) is 25.7 Å². The van der Waals surface area contributed by atoms with Crippen molar-refractivity contribution in [2.24, 2.45) is 0 Å². The van der Waals surface area contributed by atoms with E-state index in [4.69, 9.17) is 14.2 Å². The van der Waals surface area contributed by atoms with Gasteiger partial charge in [-0.15, -0.1) is 0 Å². The van der Waals surface area contributed by atoms with Crippen LogP contribution in [0.4, 0.5) is 0 Å². The SMILES string of the molecule is COCCCS(=O)(=O)NC1CCC2(CC1)OCCO2. The van der Waals surface area contributed by atoms with Crippen molar-refractivity contribution in [3.8, 4) is 0 Å². The standard InChI is InChI=1S/C12H23NO5S/c1-16-7-2-10-19(14,15)13-11-3-5-12(6-4-11)17-8-9-18-12/h11,13H,2-10H2,1H3. The van der Waals surface area contributed by atoms with Crippen molar-refractivity contribution >= 4 is 10.0 Å². The minimum atomic E-state index is -3.20. The van der Waals surface area contributed by atoms with E-state index in [0.29, 0.717) is 26.2 Å². The molecule has 19 heavy (non-hydrogen) atoms. The molecule has 1 saturated carbocycles. The highest BCUT2D eigenvalue weighted by Crippen LogP contribution is 2.35. The number of hydrogen-bond acceptors (Lipinski definition) is 5. The number of hydrogen-bond donors (Lipinski definition) is 1. The monoisotopic (exact) mass is 293 g/mol. The maximum absolute atomic E-state index is 11.9. The van der Waals surface area contributed by atoms with E-state index >= 15 is 0 Å². The predicted molar refractivity (Wildman–Crippen MR) is 70.3 cm³/mol. The first-order valence-corrected chi connectivity index (χ1v) is 8.47. The van der Waals surface area contributed by atoms with Crippen LogP contribution in [0.15, 0.2) is 0 Å². The van der Waals surface area contributed by atoms with E-state index in [1.165, 1.54) is 0 Å². The third-order valence-electron chi connectivity index (χ3n) is 3.67. The van der Waals surface area contributed by atoms with Gasteiger partial charge in [-0.3, -0.25) is 0 Å². The van der Waals surface area contributed by atoms with Gasteiger partial charge in [-0.05, 0) is 19.3 Å². The Morgan fingerprint density at radius 3 is 2.47 bits per heavy atom. The Kier molecular flexibility index (Phi) is 5.19. The fourth-order valence-corrected chi connectivity index (χ4v) is 4.03. The van der Waals surface area contributed by atoms with Crippen LogP contribution in [0.25, 0.3) is 0 Å². The molecule has 1 spiro atoms. The summed E-state index contributed by atoms with van der Waals surface area (Å²) in [5, 5.41) is 0. The van der Waals surface area contributed by atoms with Gasteiger partial charge in [0.25, 0.3) is 0 Å². The molecule has 0 amide bonds. The van der Waals surface area contributed by atoms with E-state index in [1.807, 2.05) is 0 Å². The van der Waals surface area contributed by atoms with Crippen LogP contribution < -0.4 is 4.72 Å². The molecule has 2 aliphatic rings. The second-order valence-electron chi connectivity index (χ2n) is 5.16. The first-order chi connectivity index (χ1) is 9.05. The molecule has 7 heteroatoms. The highest BCUT2D eigenvalue weighted by Gasteiger charge is 2.40. The minimum Gasteiger partial charge on any atom is -0.385 e.